The standard InChI is InChI=1S/C7H13NO3S/c1-11-7(10)6(8-5-9)3-4-12-2/h5-6H,3-4H2,1-2H3,(H,8,9). The van der Waals surface area contributed by atoms with Crippen molar-refractivity contribution in [1.29, 1.82) is 0 Å². The van der Waals surface area contributed by atoms with E-state index in [0.29, 0.717) is 12.8 Å². The molecule has 1 atom stereocenters. The number of hydrogen-bond acceptors (Lipinski definition) is 4. The van der Waals surface area contributed by atoms with Gasteiger partial charge in [-0.05, 0) is 18.4 Å². The van der Waals surface area contributed by atoms with E-state index in [4.69, 9.17) is 0 Å². The van der Waals surface area contributed by atoms with Gasteiger partial charge in [0.15, 0.2) is 0 Å². The van der Waals surface area contributed by atoms with Gasteiger partial charge in [-0.25, -0.2) is 4.79 Å². The van der Waals surface area contributed by atoms with Crippen molar-refractivity contribution >= 4 is 24.1 Å². The Labute approximate surface area is 76.0 Å². The Morgan fingerprint density at radius 1 is 1.75 bits per heavy atom. The molecule has 12 heavy (non-hydrogen) atoms. The van der Waals surface area contributed by atoms with Crippen LogP contribution in [0.25, 0.3) is 0 Å². The predicted molar refractivity (Wildman–Crippen MR) is 48.0 cm³/mol. The van der Waals surface area contributed by atoms with E-state index >= 15 is 0 Å². The maximum absolute atomic E-state index is 11.0. The van der Waals surface area contributed by atoms with Crippen molar-refractivity contribution in [1.82, 2.24) is 5.32 Å². The fraction of sp³-hybridized carbons (Fsp3) is 0.714. The number of nitrogens with one attached hydrogen (secondary N) is 1. The molecule has 1 unspecified atom stereocenters. The number of methoxy groups -OCH3 is 1. The van der Waals surface area contributed by atoms with Gasteiger partial charge >= 0.3 is 5.97 Å². The zero-order chi connectivity index (χ0) is 9.40. The molecule has 1 N–H and O–H groups in total. The van der Waals surface area contributed by atoms with Gasteiger partial charge in [0.25, 0.3) is 0 Å². The van der Waals surface area contributed by atoms with Crippen molar-refractivity contribution in [3.05, 3.63) is 0 Å². The average Bonchev–Trinajstić information content (AvgIpc) is 2.11. The van der Waals surface area contributed by atoms with Gasteiger partial charge in [-0.1, -0.05) is 0 Å². The van der Waals surface area contributed by atoms with E-state index in [1.807, 2.05) is 6.26 Å². The summed E-state index contributed by atoms with van der Waals surface area (Å²) in [6.45, 7) is 0. The van der Waals surface area contributed by atoms with Gasteiger partial charge in [-0.2, -0.15) is 11.8 Å². The molecule has 0 fully saturated rings. The molecule has 0 aliphatic heterocycles. The fourth-order valence-corrected chi connectivity index (χ4v) is 1.20. The van der Waals surface area contributed by atoms with Crippen molar-refractivity contribution in [3.8, 4) is 0 Å². The monoisotopic (exact) mass is 191 g/mol. The molecular weight excluding hydrogens is 178 g/mol. The SMILES string of the molecule is COC(=O)C(CCSC)NC=O. The van der Waals surface area contributed by atoms with Crippen molar-refractivity contribution in [2.45, 2.75) is 12.5 Å². The van der Waals surface area contributed by atoms with Crippen LogP contribution in [0, 0.1) is 0 Å². The normalized spacial score (nSPS) is 11.8. The molecule has 0 bridgehead atoms. The Kier molecular flexibility index (Phi) is 6.55. The van der Waals surface area contributed by atoms with Crippen LogP contribution in [-0.4, -0.2) is 37.5 Å². The lowest BCUT2D eigenvalue weighted by molar-refractivity contribution is -0.144. The number of rotatable bonds is 6. The predicted octanol–water partition coefficient (Wildman–Crippen LogP) is 0.0271. The van der Waals surface area contributed by atoms with E-state index in [-0.39, 0.29) is 0 Å². The molecular formula is C7H13NO3S. The molecule has 0 saturated heterocycles. The summed E-state index contributed by atoms with van der Waals surface area (Å²) in [7, 11) is 1.31. The van der Waals surface area contributed by atoms with Crippen LogP contribution in [0.15, 0.2) is 0 Å². The molecule has 0 spiro atoms. The number of amides is 1. The average molecular weight is 191 g/mol. The van der Waals surface area contributed by atoms with Crippen LogP contribution >= 0.6 is 11.8 Å². The summed E-state index contributed by atoms with van der Waals surface area (Å²) in [5.41, 5.74) is 0. The first-order valence-corrected chi connectivity index (χ1v) is 4.92. The lowest BCUT2D eigenvalue weighted by Crippen LogP contribution is -2.37. The Hall–Kier alpha value is -0.710. The van der Waals surface area contributed by atoms with E-state index < -0.39 is 12.0 Å². The smallest absolute Gasteiger partial charge is 0.328 e. The molecule has 1 amide bonds. The van der Waals surface area contributed by atoms with Crippen LogP contribution in [0.3, 0.4) is 0 Å². The third-order valence-corrected chi connectivity index (χ3v) is 2.01. The van der Waals surface area contributed by atoms with Crippen molar-refractivity contribution in [2.75, 3.05) is 19.1 Å². The quantitative estimate of drug-likeness (QED) is 0.475. The third-order valence-electron chi connectivity index (χ3n) is 1.37. The maximum atomic E-state index is 11.0. The third kappa shape index (κ3) is 4.23. The van der Waals surface area contributed by atoms with Crippen LogP contribution in [-0.2, 0) is 14.3 Å². The Balaban J connectivity index is 3.84. The van der Waals surface area contributed by atoms with E-state index in [1.54, 1.807) is 11.8 Å². The van der Waals surface area contributed by atoms with Gasteiger partial charge in [-0.3, -0.25) is 4.79 Å². The summed E-state index contributed by atoms with van der Waals surface area (Å²) < 4.78 is 4.49. The highest BCUT2D eigenvalue weighted by Gasteiger charge is 2.16. The highest BCUT2D eigenvalue weighted by atomic mass is 32.2. The number of thioether (sulfide) groups is 1. The van der Waals surface area contributed by atoms with Crippen molar-refractivity contribution in [2.24, 2.45) is 0 Å². The summed E-state index contributed by atoms with van der Waals surface area (Å²) >= 11 is 1.62. The highest BCUT2D eigenvalue weighted by Crippen LogP contribution is 2.01. The molecule has 0 radical (unpaired) electrons. The second kappa shape index (κ2) is 6.97. The molecule has 4 nitrogen and oxygen atoms in total. The molecule has 0 saturated carbocycles. The number of esters is 1. The summed E-state index contributed by atoms with van der Waals surface area (Å²) in [6.07, 6.45) is 3.06. The van der Waals surface area contributed by atoms with Gasteiger partial charge < -0.3 is 10.1 Å². The summed E-state index contributed by atoms with van der Waals surface area (Å²) in [4.78, 5) is 21.0. The second-order valence-electron chi connectivity index (χ2n) is 2.14. The Morgan fingerprint density at radius 3 is 2.83 bits per heavy atom. The molecule has 0 heterocycles. The van der Waals surface area contributed by atoms with Gasteiger partial charge in [-0.15, -0.1) is 0 Å². The van der Waals surface area contributed by atoms with Gasteiger partial charge in [0.05, 0.1) is 7.11 Å². The molecule has 0 aromatic rings. The Bertz CT molecular complexity index is 152. The first-order chi connectivity index (χ1) is 5.76. The summed E-state index contributed by atoms with van der Waals surface area (Å²) in [5, 5.41) is 2.40. The lowest BCUT2D eigenvalue weighted by atomic mass is 10.2. The topological polar surface area (TPSA) is 55.4 Å². The first-order valence-electron chi connectivity index (χ1n) is 3.52. The maximum Gasteiger partial charge on any atom is 0.328 e. The van der Waals surface area contributed by atoms with Crippen LogP contribution < -0.4 is 5.32 Å². The van der Waals surface area contributed by atoms with E-state index in [2.05, 4.69) is 10.1 Å². The number of ether oxygens (including phenoxy) is 1. The van der Waals surface area contributed by atoms with E-state index in [1.165, 1.54) is 7.11 Å². The van der Waals surface area contributed by atoms with E-state index in [0.717, 1.165) is 5.75 Å². The minimum absolute atomic E-state index is 0.392. The second-order valence-corrected chi connectivity index (χ2v) is 3.13. The molecule has 0 aliphatic carbocycles. The fourth-order valence-electron chi connectivity index (χ4n) is 0.729. The zero-order valence-electron chi connectivity index (χ0n) is 7.20. The van der Waals surface area contributed by atoms with Gasteiger partial charge in [0, 0.05) is 0 Å². The number of carbonyl (C=O) groups excluding carboxylic acids is 2. The molecule has 0 aliphatic rings. The van der Waals surface area contributed by atoms with Crippen LogP contribution in [0.2, 0.25) is 0 Å². The van der Waals surface area contributed by atoms with Crippen LogP contribution in [0.5, 0.6) is 0 Å². The summed E-state index contributed by atoms with van der Waals surface area (Å²) in [6, 6.07) is -0.500. The van der Waals surface area contributed by atoms with Crippen LogP contribution in [0.1, 0.15) is 6.42 Å². The summed E-state index contributed by atoms with van der Waals surface area (Å²) in [5.74, 6) is 0.428. The minimum Gasteiger partial charge on any atom is -0.467 e. The Morgan fingerprint density at radius 2 is 2.42 bits per heavy atom. The highest BCUT2D eigenvalue weighted by molar-refractivity contribution is 7.98. The minimum atomic E-state index is -0.500. The van der Waals surface area contributed by atoms with Crippen molar-refractivity contribution < 1.29 is 14.3 Å². The number of hydrogen-bond donors (Lipinski definition) is 1. The molecule has 70 valence electrons. The molecule has 0 rings (SSSR count). The molecule has 5 heteroatoms. The lowest BCUT2D eigenvalue weighted by Gasteiger charge is -2.11. The molecule has 0 aromatic heterocycles. The zero-order valence-corrected chi connectivity index (χ0v) is 8.02. The van der Waals surface area contributed by atoms with Crippen molar-refractivity contribution in [3.63, 3.8) is 0 Å². The molecule has 0 aromatic carbocycles. The van der Waals surface area contributed by atoms with Crippen LogP contribution in [0.4, 0.5) is 0 Å². The number of carbonyl (C=O) groups is 2. The first kappa shape index (κ1) is 11.3. The van der Waals surface area contributed by atoms with Gasteiger partial charge in [0.1, 0.15) is 6.04 Å². The van der Waals surface area contributed by atoms with Gasteiger partial charge in [0.2, 0.25) is 6.41 Å². The largest absolute Gasteiger partial charge is 0.467 e. The van der Waals surface area contributed by atoms with E-state index in [9.17, 15) is 9.59 Å².